The van der Waals surface area contributed by atoms with E-state index in [0.717, 1.165) is 18.0 Å². The predicted octanol–water partition coefficient (Wildman–Crippen LogP) is 3.53. The highest BCUT2D eigenvalue weighted by Gasteiger charge is 2.24. The smallest absolute Gasteiger partial charge is 0.119 e. The van der Waals surface area contributed by atoms with E-state index in [1.807, 2.05) is 38.5 Å². The Bertz CT molecular complexity index is 612. The summed E-state index contributed by atoms with van der Waals surface area (Å²) >= 11 is 0. The molecular weight excluding hydrogens is 305 g/mol. The van der Waals surface area contributed by atoms with E-state index in [1.54, 1.807) is 0 Å². The molecule has 0 bridgehead atoms. The average Bonchev–Trinajstić information content (AvgIpc) is 2.47. The van der Waals surface area contributed by atoms with E-state index in [4.69, 9.17) is 4.99 Å². The first kappa shape index (κ1) is 17.5. The highest BCUT2D eigenvalue weighted by atomic mass is 35.5. The van der Waals surface area contributed by atoms with Gasteiger partial charge in [-0.3, -0.25) is 9.98 Å². The van der Waals surface area contributed by atoms with Gasteiger partial charge in [0.2, 0.25) is 0 Å². The molecule has 1 atom stereocenters. The third-order valence-electron chi connectivity index (χ3n) is 3.46. The standard InChI is InChI=1S/C16H17N3.2ClH/c1-19(2)15-11-12-7-3-4-8-13(12)16(18-15)14-9-5-6-10-17-14;;/h3-10,16H,11H2,1-2H3;2*1H. The molecule has 1 aromatic carbocycles. The number of benzene rings is 1. The van der Waals surface area contributed by atoms with Gasteiger partial charge in [0, 0.05) is 26.7 Å². The van der Waals surface area contributed by atoms with Crippen molar-refractivity contribution in [2.45, 2.75) is 12.5 Å². The van der Waals surface area contributed by atoms with Crippen LogP contribution in [-0.2, 0) is 6.42 Å². The summed E-state index contributed by atoms with van der Waals surface area (Å²) in [6.07, 6.45) is 2.73. The van der Waals surface area contributed by atoms with E-state index in [1.165, 1.54) is 11.1 Å². The van der Waals surface area contributed by atoms with Gasteiger partial charge >= 0.3 is 0 Å². The largest absolute Gasteiger partial charge is 0.366 e. The number of pyridine rings is 1. The Morgan fingerprint density at radius 1 is 1.00 bits per heavy atom. The van der Waals surface area contributed by atoms with Gasteiger partial charge in [-0.05, 0) is 23.3 Å². The Labute approximate surface area is 137 Å². The normalized spacial score (nSPS) is 15.9. The number of nitrogens with zero attached hydrogens (tertiary/aromatic N) is 3. The Morgan fingerprint density at radius 3 is 2.38 bits per heavy atom. The quantitative estimate of drug-likeness (QED) is 0.803. The van der Waals surface area contributed by atoms with Gasteiger partial charge in [0.15, 0.2) is 0 Å². The molecule has 5 heteroatoms. The third kappa shape index (κ3) is 3.55. The lowest BCUT2D eigenvalue weighted by Gasteiger charge is -2.27. The van der Waals surface area contributed by atoms with Crippen molar-refractivity contribution in [2.75, 3.05) is 14.1 Å². The highest BCUT2D eigenvalue weighted by molar-refractivity contribution is 5.86. The summed E-state index contributed by atoms with van der Waals surface area (Å²) < 4.78 is 0. The van der Waals surface area contributed by atoms with Gasteiger partial charge in [0.1, 0.15) is 11.9 Å². The number of aromatic nitrogens is 1. The summed E-state index contributed by atoms with van der Waals surface area (Å²) in [4.78, 5) is 11.4. The number of hydrogen-bond acceptors (Lipinski definition) is 3. The molecular formula is C16H19Cl2N3. The predicted molar refractivity (Wildman–Crippen MR) is 91.8 cm³/mol. The molecule has 0 N–H and O–H groups in total. The molecule has 2 aromatic rings. The van der Waals surface area contributed by atoms with Gasteiger partial charge in [-0.1, -0.05) is 30.3 Å². The van der Waals surface area contributed by atoms with Crippen LogP contribution in [0.3, 0.4) is 0 Å². The highest BCUT2D eigenvalue weighted by Crippen LogP contribution is 2.31. The van der Waals surface area contributed by atoms with E-state index >= 15 is 0 Å². The fourth-order valence-electron chi connectivity index (χ4n) is 2.43. The second-order valence-corrected chi connectivity index (χ2v) is 4.97. The van der Waals surface area contributed by atoms with Crippen molar-refractivity contribution in [3.8, 4) is 0 Å². The molecule has 2 heterocycles. The lowest BCUT2D eigenvalue weighted by Crippen LogP contribution is -2.28. The van der Waals surface area contributed by atoms with Crippen LogP contribution < -0.4 is 0 Å². The molecule has 0 spiro atoms. The first-order valence-corrected chi connectivity index (χ1v) is 6.48. The molecule has 1 aliphatic rings. The molecule has 0 saturated carbocycles. The molecule has 3 nitrogen and oxygen atoms in total. The Morgan fingerprint density at radius 2 is 1.71 bits per heavy atom. The van der Waals surface area contributed by atoms with Gasteiger partial charge in [-0.2, -0.15) is 0 Å². The zero-order valence-electron chi connectivity index (χ0n) is 12.1. The van der Waals surface area contributed by atoms with Gasteiger partial charge in [-0.25, -0.2) is 0 Å². The number of aliphatic imine (C=N–C) groups is 1. The summed E-state index contributed by atoms with van der Waals surface area (Å²) in [5.74, 6) is 1.11. The monoisotopic (exact) mass is 323 g/mol. The summed E-state index contributed by atoms with van der Waals surface area (Å²) in [6, 6.07) is 14.5. The van der Waals surface area contributed by atoms with Crippen molar-refractivity contribution in [3.63, 3.8) is 0 Å². The molecule has 3 rings (SSSR count). The topological polar surface area (TPSA) is 28.5 Å². The first-order valence-electron chi connectivity index (χ1n) is 6.48. The van der Waals surface area contributed by atoms with Crippen molar-refractivity contribution in [1.29, 1.82) is 0 Å². The van der Waals surface area contributed by atoms with Crippen LogP contribution in [0.4, 0.5) is 0 Å². The number of hydrogen-bond donors (Lipinski definition) is 0. The maximum Gasteiger partial charge on any atom is 0.119 e. The van der Waals surface area contributed by atoms with Gasteiger partial charge in [0.25, 0.3) is 0 Å². The van der Waals surface area contributed by atoms with Crippen LogP contribution in [0, 0.1) is 0 Å². The number of likely N-dealkylation sites (N-methyl/N-ethyl adjacent to an activating group) is 1. The number of fused-ring (bicyclic) bond motifs is 1. The number of halogens is 2. The van der Waals surface area contributed by atoms with Crippen LogP contribution >= 0.6 is 24.8 Å². The third-order valence-corrected chi connectivity index (χ3v) is 3.46. The van der Waals surface area contributed by atoms with Crippen molar-refractivity contribution < 1.29 is 0 Å². The van der Waals surface area contributed by atoms with E-state index in [0.29, 0.717) is 0 Å². The van der Waals surface area contributed by atoms with Crippen molar-refractivity contribution in [3.05, 3.63) is 65.5 Å². The van der Waals surface area contributed by atoms with Crippen LogP contribution in [0.5, 0.6) is 0 Å². The lowest BCUT2D eigenvalue weighted by atomic mass is 9.93. The van der Waals surface area contributed by atoms with E-state index < -0.39 is 0 Å². The molecule has 112 valence electrons. The van der Waals surface area contributed by atoms with Crippen LogP contribution in [0.1, 0.15) is 22.9 Å². The minimum Gasteiger partial charge on any atom is -0.366 e. The average molecular weight is 324 g/mol. The maximum atomic E-state index is 4.87. The number of rotatable bonds is 1. The maximum absolute atomic E-state index is 4.87. The second-order valence-electron chi connectivity index (χ2n) is 4.97. The van der Waals surface area contributed by atoms with Gasteiger partial charge in [0.05, 0.1) is 5.69 Å². The van der Waals surface area contributed by atoms with E-state index in [2.05, 4.69) is 34.1 Å². The zero-order valence-corrected chi connectivity index (χ0v) is 13.7. The molecule has 0 aliphatic carbocycles. The summed E-state index contributed by atoms with van der Waals surface area (Å²) in [5, 5.41) is 0. The molecule has 1 aliphatic heterocycles. The fourth-order valence-corrected chi connectivity index (χ4v) is 2.43. The summed E-state index contributed by atoms with van der Waals surface area (Å²) in [5.41, 5.74) is 3.62. The fraction of sp³-hybridized carbons (Fsp3) is 0.250. The van der Waals surface area contributed by atoms with Gasteiger partial charge < -0.3 is 4.90 Å². The number of amidine groups is 1. The summed E-state index contributed by atoms with van der Waals surface area (Å²) in [7, 11) is 4.09. The Hall–Kier alpha value is -1.58. The SMILES string of the molecule is CN(C)C1=NC(c2ccccn2)c2ccccc2C1.Cl.Cl. The lowest BCUT2D eigenvalue weighted by molar-refractivity contribution is 0.590. The zero-order chi connectivity index (χ0) is 13.2. The molecule has 0 fully saturated rings. The molecule has 1 aromatic heterocycles. The van der Waals surface area contributed by atoms with Crippen molar-refractivity contribution >= 4 is 30.6 Å². The van der Waals surface area contributed by atoms with Crippen LogP contribution in [-0.4, -0.2) is 29.8 Å². The molecule has 0 saturated heterocycles. The molecule has 1 unspecified atom stereocenters. The minimum atomic E-state index is 0. The molecule has 0 radical (unpaired) electrons. The van der Waals surface area contributed by atoms with Crippen LogP contribution in [0.15, 0.2) is 53.7 Å². The van der Waals surface area contributed by atoms with Crippen molar-refractivity contribution in [1.82, 2.24) is 9.88 Å². The van der Waals surface area contributed by atoms with E-state index in [-0.39, 0.29) is 30.9 Å². The van der Waals surface area contributed by atoms with E-state index in [9.17, 15) is 0 Å². The second kappa shape index (κ2) is 7.43. The van der Waals surface area contributed by atoms with Gasteiger partial charge in [-0.15, -0.1) is 24.8 Å². The van der Waals surface area contributed by atoms with Crippen LogP contribution in [0.25, 0.3) is 0 Å². The first-order chi connectivity index (χ1) is 9.25. The molecule has 0 amide bonds. The van der Waals surface area contributed by atoms with Crippen LogP contribution in [0.2, 0.25) is 0 Å². The molecule has 21 heavy (non-hydrogen) atoms. The Balaban J connectivity index is 0.00000110. The minimum absolute atomic E-state index is 0. The summed E-state index contributed by atoms with van der Waals surface area (Å²) in [6.45, 7) is 0. The Kier molecular flexibility index (Phi) is 6.19. The van der Waals surface area contributed by atoms with Crippen molar-refractivity contribution in [2.24, 2.45) is 4.99 Å².